The van der Waals surface area contributed by atoms with Crippen LogP contribution in [0.1, 0.15) is 27.8 Å². The molecule has 0 saturated heterocycles. The monoisotopic (exact) mass is 349 g/mol. The van der Waals surface area contributed by atoms with E-state index >= 15 is 0 Å². The number of nitrogens with one attached hydrogen (secondary N) is 1. The summed E-state index contributed by atoms with van der Waals surface area (Å²) in [4.78, 5) is 23.5. The van der Waals surface area contributed by atoms with Gasteiger partial charge in [0.05, 0.1) is 6.54 Å². The molecule has 0 bridgehead atoms. The Kier molecular flexibility index (Phi) is 5.49. The summed E-state index contributed by atoms with van der Waals surface area (Å²) in [5, 5.41) is 2.76. The van der Waals surface area contributed by atoms with E-state index in [-0.39, 0.29) is 17.5 Å². The zero-order chi connectivity index (χ0) is 18.4. The Morgan fingerprint density at radius 2 is 1.69 bits per heavy atom. The Morgan fingerprint density at radius 3 is 2.38 bits per heavy atom. The van der Waals surface area contributed by atoms with Crippen LogP contribution in [0.5, 0.6) is 5.75 Å². The first-order valence-corrected chi connectivity index (χ1v) is 8.31. The lowest BCUT2D eigenvalue weighted by Gasteiger charge is -2.06. The Bertz CT molecular complexity index is 882. The summed E-state index contributed by atoms with van der Waals surface area (Å²) in [6.07, 6.45) is 0. The third kappa shape index (κ3) is 4.39. The average Bonchev–Trinajstić information content (AvgIpc) is 3.16. The van der Waals surface area contributed by atoms with Gasteiger partial charge in [0.1, 0.15) is 18.1 Å². The summed E-state index contributed by atoms with van der Waals surface area (Å²) in [5.41, 5.74) is 1.44. The second kappa shape index (κ2) is 8.16. The molecule has 132 valence electrons. The van der Waals surface area contributed by atoms with Crippen molar-refractivity contribution in [2.45, 2.75) is 6.92 Å². The second-order valence-corrected chi connectivity index (χ2v) is 5.71. The molecule has 1 aromatic heterocycles. The number of amides is 1. The third-order valence-electron chi connectivity index (χ3n) is 3.81. The second-order valence-electron chi connectivity index (χ2n) is 5.71. The molecule has 0 aliphatic rings. The van der Waals surface area contributed by atoms with Crippen LogP contribution < -0.4 is 10.1 Å². The summed E-state index contributed by atoms with van der Waals surface area (Å²) in [6, 6.07) is 19.8. The number of carbonyl (C=O) groups excluding carboxylic acids is 2. The summed E-state index contributed by atoms with van der Waals surface area (Å²) in [6.45, 7) is 2.26. The van der Waals surface area contributed by atoms with Gasteiger partial charge >= 0.3 is 0 Å². The number of para-hydroxylation sites is 1. The van der Waals surface area contributed by atoms with E-state index in [1.54, 1.807) is 36.4 Å². The summed E-state index contributed by atoms with van der Waals surface area (Å²) >= 11 is 0. The fraction of sp³-hybridized carbons (Fsp3) is 0.143. The molecule has 0 spiro atoms. The molecular formula is C21H19NO4. The van der Waals surface area contributed by atoms with Crippen LogP contribution >= 0.6 is 0 Å². The number of furan rings is 1. The van der Waals surface area contributed by atoms with Crippen LogP contribution in [0.15, 0.2) is 71.1 Å². The van der Waals surface area contributed by atoms with Crippen LogP contribution in [0, 0.1) is 0 Å². The lowest BCUT2D eigenvalue weighted by Crippen LogP contribution is -2.27. The first-order chi connectivity index (χ1) is 12.6. The number of carbonyl (C=O) groups is 2. The molecule has 0 aliphatic heterocycles. The SMILES string of the molecule is CC(=O)c1ccc(-c2ccc(C(=O)NCCOc3ccccc3)o2)cc1. The van der Waals surface area contributed by atoms with Crippen molar-refractivity contribution >= 4 is 11.7 Å². The smallest absolute Gasteiger partial charge is 0.287 e. The van der Waals surface area contributed by atoms with Gasteiger partial charge in [-0.15, -0.1) is 0 Å². The molecule has 26 heavy (non-hydrogen) atoms. The summed E-state index contributed by atoms with van der Waals surface area (Å²) in [7, 11) is 0. The lowest BCUT2D eigenvalue weighted by molar-refractivity contribution is 0.0919. The van der Waals surface area contributed by atoms with Crippen LogP contribution in [0.2, 0.25) is 0 Å². The zero-order valence-corrected chi connectivity index (χ0v) is 14.4. The van der Waals surface area contributed by atoms with Gasteiger partial charge in [-0.1, -0.05) is 42.5 Å². The minimum absolute atomic E-state index is 0.00813. The predicted octanol–water partition coefficient (Wildman–Crippen LogP) is 3.96. The highest BCUT2D eigenvalue weighted by Crippen LogP contribution is 2.22. The third-order valence-corrected chi connectivity index (χ3v) is 3.81. The van der Waals surface area contributed by atoms with Crippen molar-refractivity contribution in [2.75, 3.05) is 13.2 Å². The molecule has 0 aliphatic carbocycles. The Hall–Kier alpha value is -3.34. The van der Waals surface area contributed by atoms with E-state index in [0.717, 1.165) is 11.3 Å². The number of Topliss-reactive ketones (excluding diaryl/α,β-unsaturated/α-hetero) is 1. The van der Waals surface area contributed by atoms with Crippen molar-refractivity contribution < 1.29 is 18.7 Å². The average molecular weight is 349 g/mol. The number of ketones is 1. The van der Waals surface area contributed by atoms with Gasteiger partial charge in [-0.2, -0.15) is 0 Å². The van der Waals surface area contributed by atoms with Crippen LogP contribution in [-0.4, -0.2) is 24.8 Å². The molecule has 0 saturated carbocycles. The van der Waals surface area contributed by atoms with Gasteiger partial charge in [-0.05, 0) is 31.2 Å². The molecular weight excluding hydrogens is 330 g/mol. The molecule has 3 aromatic rings. The fourth-order valence-corrected chi connectivity index (χ4v) is 2.42. The molecule has 0 atom stereocenters. The van der Waals surface area contributed by atoms with Crippen LogP contribution in [0.25, 0.3) is 11.3 Å². The van der Waals surface area contributed by atoms with E-state index in [1.165, 1.54) is 6.92 Å². The highest BCUT2D eigenvalue weighted by Gasteiger charge is 2.12. The van der Waals surface area contributed by atoms with E-state index in [0.29, 0.717) is 24.5 Å². The van der Waals surface area contributed by atoms with Gasteiger partial charge in [0, 0.05) is 11.1 Å². The standard InChI is InChI=1S/C21H19NO4/c1-15(23)16-7-9-17(10-8-16)19-11-12-20(26-19)21(24)22-13-14-25-18-5-3-2-4-6-18/h2-12H,13-14H2,1H3,(H,22,24). The van der Waals surface area contributed by atoms with Gasteiger partial charge in [-0.3, -0.25) is 9.59 Å². The van der Waals surface area contributed by atoms with Gasteiger partial charge in [0.25, 0.3) is 5.91 Å². The van der Waals surface area contributed by atoms with E-state index in [4.69, 9.17) is 9.15 Å². The van der Waals surface area contributed by atoms with Gasteiger partial charge in [-0.25, -0.2) is 0 Å². The number of rotatable bonds is 7. The van der Waals surface area contributed by atoms with E-state index in [1.807, 2.05) is 30.3 Å². The first-order valence-electron chi connectivity index (χ1n) is 8.31. The van der Waals surface area contributed by atoms with Gasteiger partial charge in [0.15, 0.2) is 11.5 Å². The van der Waals surface area contributed by atoms with E-state index in [2.05, 4.69) is 5.32 Å². The van der Waals surface area contributed by atoms with Crippen LogP contribution in [0.3, 0.4) is 0 Å². The maximum atomic E-state index is 12.1. The van der Waals surface area contributed by atoms with Gasteiger partial charge < -0.3 is 14.5 Å². The fourth-order valence-electron chi connectivity index (χ4n) is 2.42. The van der Waals surface area contributed by atoms with Crippen LogP contribution in [0.4, 0.5) is 0 Å². The molecule has 5 nitrogen and oxygen atoms in total. The van der Waals surface area contributed by atoms with Crippen molar-refractivity contribution in [2.24, 2.45) is 0 Å². The lowest BCUT2D eigenvalue weighted by atomic mass is 10.1. The maximum Gasteiger partial charge on any atom is 0.287 e. The quantitative estimate of drug-likeness (QED) is 0.518. The molecule has 0 unspecified atom stereocenters. The molecule has 1 heterocycles. The van der Waals surface area contributed by atoms with Crippen molar-refractivity contribution in [1.82, 2.24) is 5.32 Å². The number of benzene rings is 2. The minimum Gasteiger partial charge on any atom is -0.492 e. The Morgan fingerprint density at radius 1 is 0.962 bits per heavy atom. The molecule has 2 aromatic carbocycles. The Balaban J connectivity index is 1.53. The Labute approximate surface area is 151 Å². The maximum absolute atomic E-state index is 12.1. The topological polar surface area (TPSA) is 68.5 Å². The van der Waals surface area contributed by atoms with Crippen molar-refractivity contribution in [3.8, 4) is 17.1 Å². The summed E-state index contributed by atoms with van der Waals surface area (Å²) in [5.74, 6) is 1.28. The normalized spacial score (nSPS) is 10.3. The molecule has 5 heteroatoms. The van der Waals surface area contributed by atoms with Crippen molar-refractivity contribution in [3.63, 3.8) is 0 Å². The predicted molar refractivity (Wildman–Crippen MR) is 98.4 cm³/mol. The molecule has 3 rings (SSSR count). The molecule has 0 radical (unpaired) electrons. The van der Waals surface area contributed by atoms with Gasteiger partial charge in [0.2, 0.25) is 0 Å². The number of ether oxygens (including phenoxy) is 1. The van der Waals surface area contributed by atoms with E-state index in [9.17, 15) is 9.59 Å². The zero-order valence-electron chi connectivity index (χ0n) is 14.4. The largest absolute Gasteiger partial charge is 0.492 e. The molecule has 1 amide bonds. The molecule has 0 fully saturated rings. The highest BCUT2D eigenvalue weighted by molar-refractivity contribution is 5.94. The van der Waals surface area contributed by atoms with Crippen molar-refractivity contribution in [1.29, 1.82) is 0 Å². The summed E-state index contributed by atoms with van der Waals surface area (Å²) < 4.78 is 11.1. The molecule has 1 N–H and O–H groups in total. The highest BCUT2D eigenvalue weighted by atomic mass is 16.5. The van der Waals surface area contributed by atoms with E-state index < -0.39 is 0 Å². The van der Waals surface area contributed by atoms with Crippen LogP contribution in [-0.2, 0) is 0 Å². The van der Waals surface area contributed by atoms with Crippen molar-refractivity contribution in [3.05, 3.63) is 78.1 Å². The minimum atomic E-state index is -0.298. The number of hydrogen-bond donors (Lipinski definition) is 1. The first kappa shape index (κ1) is 17.5. The number of hydrogen-bond acceptors (Lipinski definition) is 4.